The van der Waals surface area contributed by atoms with Gasteiger partial charge in [-0.25, -0.2) is 0 Å². The number of benzene rings is 1. The van der Waals surface area contributed by atoms with Crippen molar-refractivity contribution in [2.24, 2.45) is 11.7 Å². The van der Waals surface area contributed by atoms with Crippen LogP contribution in [0.1, 0.15) is 34.1 Å². The van der Waals surface area contributed by atoms with Gasteiger partial charge in [0.15, 0.2) is 0 Å². The molecule has 6 heteroatoms. The van der Waals surface area contributed by atoms with Crippen LogP contribution in [0, 0.1) is 5.92 Å². The lowest BCUT2D eigenvalue weighted by molar-refractivity contribution is 0.0743. The van der Waals surface area contributed by atoms with Crippen molar-refractivity contribution in [3.05, 3.63) is 59.9 Å². The van der Waals surface area contributed by atoms with Gasteiger partial charge < -0.3 is 16.0 Å². The number of anilines is 1. The van der Waals surface area contributed by atoms with Crippen LogP contribution in [0.3, 0.4) is 0 Å². The SMILES string of the molecule is CC1CC(CN)CN1C(=O)c1cccc(NC(=O)c2cccnc2)c1. The number of nitrogens with two attached hydrogens (primary N) is 1. The number of carbonyl (C=O) groups excluding carboxylic acids is 2. The lowest BCUT2D eigenvalue weighted by Gasteiger charge is -2.22. The Balaban J connectivity index is 1.73. The van der Waals surface area contributed by atoms with Crippen LogP contribution in [0.25, 0.3) is 0 Å². The second-order valence-corrected chi connectivity index (χ2v) is 6.42. The molecule has 0 saturated carbocycles. The number of hydrogen-bond acceptors (Lipinski definition) is 4. The second kappa shape index (κ2) is 7.44. The van der Waals surface area contributed by atoms with E-state index in [-0.39, 0.29) is 17.9 Å². The summed E-state index contributed by atoms with van der Waals surface area (Å²) < 4.78 is 0. The lowest BCUT2D eigenvalue weighted by Crippen LogP contribution is -2.34. The van der Waals surface area contributed by atoms with Crippen LogP contribution in [-0.4, -0.2) is 40.8 Å². The zero-order valence-electron chi connectivity index (χ0n) is 14.2. The third-order valence-corrected chi connectivity index (χ3v) is 4.55. The van der Waals surface area contributed by atoms with E-state index in [1.165, 1.54) is 6.20 Å². The standard InChI is InChI=1S/C19H22N4O2/c1-13-8-14(10-20)12-23(13)19(25)15-4-2-6-17(9-15)22-18(24)16-5-3-7-21-11-16/h2-7,9,11,13-14H,8,10,12,20H2,1H3,(H,22,24). The molecule has 2 atom stereocenters. The molecule has 3 N–H and O–H groups in total. The van der Waals surface area contributed by atoms with Gasteiger partial charge in [0.05, 0.1) is 5.56 Å². The number of nitrogens with zero attached hydrogens (tertiary/aromatic N) is 2. The van der Waals surface area contributed by atoms with Crippen molar-refractivity contribution in [3.8, 4) is 0 Å². The van der Waals surface area contributed by atoms with Crippen molar-refractivity contribution in [3.63, 3.8) is 0 Å². The molecular formula is C19H22N4O2. The molecule has 0 radical (unpaired) electrons. The number of nitrogens with one attached hydrogen (secondary N) is 1. The van der Waals surface area contributed by atoms with Crippen LogP contribution < -0.4 is 11.1 Å². The van der Waals surface area contributed by atoms with Gasteiger partial charge in [0.1, 0.15) is 0 Å². The molecule has 2 unspecified atom stereocenters. The Kier molecular flexibility index (Phi) is 5.09. The molecule has 1 fully saturated rings. The molecule has 1 aromatic heterocycles. The normalized spacial score (nSPS) is 19.7. The van der Waals surface area contributed by atoms with Gasteiger partial charge in [0.25, 0.3) is 11.8 Å². The molecule has 6 nitrogen and oxygen atoms in total. The summed E-state index contributed by atoms with van der Waals surface area (Å²) >= 11 is 0. The maximum atomic E-state index is 12.8. The van der Waals surface area contributed by atoms with Crippen molar-refractivity contribution in [2.45, 2.75) is 19.4 Å². The van der Waals surface area contributed by atoms with Crippen molar-refractivity contribution in [1.82, 2.24) is 9.88 Å². The van der Waals surface area contributed by atoms with E-state index in [4.69, 9.17) is 5.73 Å². The first kappa shape index (κ1) is 17.1. The smallest absolute Gasteiger partial charge is 0.257 e. The van der Waals surface area contributed by atoms with Crippen LogP contribution >= 0.6 is 0 Å². The Morgan fingerprint density at radius 2 is 2.08 bits per heavy atom. The zero-order chi connectivity index (χ0) is 17.8. The van der Waals surface area contributed by atoms with Gasteiger partial charge in [0.2, 0.25) is 0 Å². The number of amides is 2. The average molecular weight is 338 g/mol. The van der Waals surface area contributed by atoms with E-state index >= 15 is 0 Å². The summed E-state index contributed by atoms with van der Waals surface area (Å²) in [6, 6.07) is 10.6. The Hall–Kier alpha value is -2.73. The van der Waals surface area contributed by atoms with Crippen molar-refractivity contribution >= 4 is 17.5 Å². The summed E-state index contributed by atoms with van der Waals surface area (Å²) in [6.07, 6.45) is 4.05. The van der Waals surface area contributed by atoms with Crippen molar-refractivity contribution in [1.29, 1.82) is 0 Å². The highest BCUT2D eigenvalue weighted by atomic mass is 16.2. The van der Waals surface area contributed by atoms with Crippen molar-refractivity contribution in [2.75, 3.05) is 18.4 Å². The van der Waals surface area contributed by atoms with E-state index in [0.717, 1.165) is 6.42 Å². The molecule has 130 valence electrons. The summed E-state index contributed by atoms with van der Waals surface area (Å²) in [6.45, 7) is 3.32. The average Bonchev–Trinajstić information content (AvgIpc) is 3.03. The molecule has 3 rings (SSSR count). The highest BCUT2D eigenvalue weighted by Crippen LogP contribution is 2.25. The summed E-state index contributed by atoms with van der Waals surface area (Å²) in [5.41, 5.74) is 7.36. The fourth-order valence-electron chi connectivity index (χ4n) is 3.19. The number of pyridine rings is 1. The van der Waals surface area contributed by atoms with Crippen molar-refractivity contribution < 1.29 is 9.59 Å². The topological polar surface area (TPSA) is 88.3 Å². The predicted octanol–water partition coefficient (Wildman–Crippen LogP) is 2.14. The second-order valence-electron chi connectivity index (χ2n) is 6.42. The minimum atomic E-state index is -0.254. The first-order valence-electron chi connectivity index (χ1n) is 8.41. The molecular weight excluding hydrogens is 316 g/mol. The number of carbonyl (C=O) groups is 2. The molecule has 2 heterocycles. The van der Waals surface area contributed by atoms with E-state index in [1.54, 1.807) is 42.6 Å². The molecule has 1 aliphatic heterocycles. The van der Waals surface area contributed by atoms with Gasteiger partial charge in [0, 0.05) is 36.2 Å². The fraction of sp³-hybridized carbons (Fsp3) is 0.316. The van der Waals surface area contributed by atoms with E-state index in [2.05, 4.69) is 10.3 Å². The number of hydrogen-bond donors (Lipinski definition) is 2. The number of rotatable bonds is 4. The maximum Gasteiger partial charge on any atom is 0.257 e. The lowest BCUT2D eigenvalue weighted by atomic mass is 10.1. The molecule has 1 saturated heterocycles. The molecule has 25 heavy (non-hydrogen) atoms. The largest absolute Gasteiger partial charge is 0.336 e. The number of aromatic nitrogens is 1. The fourth-order valence-corrected chi connectivity index (χ4v) is 3.19. The van der Waals surface area contributed by atoms with Gasteiger partial charge in [-0.3, -0.25) is 14.6 Å². The zero-order valence-corrected chi connectivity index (χ0v) is 14.2. The molecule has 0 aliphatic carbocycles. The van der Waals surface area contributed by atoms with Crippen LogP contribution in [0.5, 0.6) is 0 Å². The summed E-state index contributed by atoms with van der Waals surface area (Å²) in [5.74, 6) is 0.0729. The quantitative estimate of drug-likeness (QED) is 0.894. The van der Waals surface area contributed by atoms with Gasteiger partial charge in [-0.15, -0.1) is 0 Å². The highest BCUT2D eigenvalue weighted by Gasteiger charge is 2.32. The van der Waals surface area contributed by atoms with Crippen LogP contribution in [0.4, 0.5) is 5.69 Å². The summed E-state index contributed by atoms with van der Waals surface area (Å²) in [4.78, 5) is 30.8. The first-order chi connectivity index (χ1) is 12.1. The highest BCUT2D eigenvalue weighted by molar-refractivity contribution is 6.05. The minimum absolute atomic E-state index is 0.0269. The summed E-state index contributed by atoms with van der Waals surface area (Å²) in [7, 11) is 0. The number of likely N-dealkylation sites (tertiary alicyclic amines) is 1. The van der Waals surface area contributed by atoms with E-state index < -0.39 is 0 Å². The van der Waals surface area contributed by atoms with Crippen LogP contribution in [0.15, 0.2) is 48.8 Å². The Morgan fingerprint density at radius 3 is 2.76 bits per heavy atom. The predicted molar refractivity (Wildman–Crippen MR) is 96.3 cm³/mol. The third-order valence-electron chi connectivity index (χ3n) is 4.55. The van der Waals surface area contributed by atoms with Gasteiger partial charge >= 0.3 is 0 Å². The Labute approximate surface area is 147 Å². The van der Waals surface area contributed by atoms with Crippen LogP contribution in [0.2, 0.25) is 0 Å². The summed E-state index contributed by atoms with van der Waals surface area (Å²) in [5, 5.41) is 2.81. The Bertz CT molecular complexity index is 763. The molecule has 0 spiro atoms. The van der Waals surface area contributed by atoms with E-state index in [0.29, 0.717) is 35.8 Å². The first-order valence-corrected chi connectivity index (χ1v) is 8.41. The van der Waals surface area contributed by atoms with E-state index in [9.17, 15) is 9.59 Å². The van der Waals surface area contributed by atoms with Gasteiger partial charge in [-0.05, 0) is 56.1 Å². The van der Waals surface area contributed by atoms with Crippen LogP contribution in [-0.2, 0) is 0 Å². The third kappa shape index (κ3) is 3.85. The molecule has 0 bridgehead atoms. The molecule has 2 amide bonds. The Morgan fingerprint density at radius 1 is 1.28 bits per heavy atom. The molecule has 1 aliphatic rings. The molecule has 2 aromatic rings. The molecule has 1 aromatic carbocycles. The van der Waals surface area contributed by atoms with Gasteiger partial charge in [-0.1, -0.05) is 6.07 Å². The van der Waals surface area contributed by atoms with E-state index in [1.807, 2.05) is 11.8 Å². The van der Waals surface area contributed by atoms with Gasteiger partial charge in [-0.2, -0.15) is 0 Å². The minimum Gasteiger partial charge on any atom is -0.336 e. The monoisotopic (exact) mass is 338 g/mol. The maximum absolute atomic E-state index is 12.8.